The summed E-state index contributed by atoms with van der Waals surface area (Å²) in [5.74, 6) is -1.86. The second-order valence-electron chi connectivity index (χ2n) is 6.01. The van der Waals surface area contributed by atoms with Crippen LogP contribution >= 0.6 is 0 Å². The molecule has 0 bridgehead atoms. The number of rotatable bonds is 6. The number of hydrogen-bond donors (Lipinski definition) is 2. The van der Waals surface area contributed by atoms with Gasteiger partial charge >= 0.3 is 5.97 Å². The fraction of sp³-hybridized carbons (Fsp3) is 0.867. The lowest BCUT2D eigenvalue weighted by molar-refractivity contribution is -0.148. The average Bonchev–Trinajstić information content (AvgIpc) is 2.96. The molecule has 2 rings (SSSR count). The summed E-state index contributed by atoms with van der Waals surface area (Å²) in [6, 6.07) is 0. The quantitative estimate of drug-likeness (QED) is 0.731. The van der Waals surface area contributed by atoms with Crippen LogP contribution in [-0.4, -0.2) is 36.2 Å². The summed E-state index contributed by atoms with van der Waals surface area (Å²) >= 11 is 0. The SMILES string of the molecule is O=C(O)C(CC1CCCCC1)C(=O)NCC1CCCO1. The fourth-order valence-electron chi connectivity index (χ4n) is 3.22. The Kier molecular flexibility index (Phi) is 5.83. The van der Waals surface area contributed by atoms with Crippen LogP contribution in [0.15, 0.2) is 0 Å². The van der Waals surface area contributed by atoms with E-state index in [4.69, 9.17) is 4.74 Å². The van der Waals surface area contributed by atoms with Crippen LogP contribution in [0.5, 0.6) is 0 Å². The lowest BCUT2D eigenvalue weighted by atomic mass is 9.82. The van der Waals surface area contributed by atoms with Crippen molar-refractivity contribution in [2.45, 2.75) is 57.5 Å². The maximum Gasteiger partial charge on any atom is 0.316 e. The van der Waals surface area contributed by atoms with E-state index in [0.29, 0.717) is 18.9 Å². The van der Waals surface area contributed by atoms with Gasteiger partial charge in [0.05, 0.1) is 6.10 Å². The topological polar surface area (TPSA) is 75.6 Å². The number of hydrogen-bond acceptors (Lipinski definition) is 3. The monoisotopic (exact) mass is 283 g/mol. The number of nitrogens with one attached hydrogen (secondary N) is 1. The smallest absolute Gasteiger partial charge is 0.316 e. The standard InChI is InChI=1S/C15H25NO4/c17-14(16-10-12-7-4-8-20-12)13(15(18)19)9-11-5-2-1-3-6-11/h11-13H,1-10H2,(H,16,17)(H,18,19). The zero-order valence-corrected chi connectivity index (χ0v) is 12.0. The molecule has 1 saturated carbocycles. The minimum atomic E-state index is -1.000. The van der Waals surface area contributed by atoms with E-state index in [0.717, 1.165) is 45.1 Å². The molecule has 114 valence electrons. The van der Waals surface area contributed by atoms with Gasteiger partial charge in [0, 0.05) is 13.2 Å². The Hall–Kier alpha value is -1.10. The maximum absolute atomic E-state index is 12.1. The van der Waals surface area contributed by atoms with Crippen molar-refractivity contribution in [2.24, 2.45) is 11.8 Å². The summed E-state index contributed by atoms with van der Waals surface area (Å²) in [5, 5.41) is 12.0. The minimum Gasteiger partial charge on any atom is -0.481 e. The van der Waals surface area contributed by atoms with E-state index < -0.39 is 11.9 Å². The van der Waals surface area contributed by atoms with Crippen LogP contribution in [0, 0.1) is 11.8 Å². The maximum atomic E-state index is 12.1. The Bertz CT molecular complexity index is 333. The van der Waals surface area contributed by atoms with Crippen LogP contribution in [0.1, 0.15) is 51.4 Å². The van der Waals surface area contributed by atoms with E-state index in [1.165, 1.54) is 6.42 Å². The molecule has 1 aliphatic heterocycles. The summed E-state index contributed by atoms with van der Waals surface area (Å²) in [6.45, 7) is 1.18. The van der Waals surface area contributed by atoms with E-state index in [2.05, 4.69) is 5.32 Å². The Morgan fingerprint density at radius 2 is 1.90 bits per heavy atom. The third-order valence-corrected chi connectivity index (χ3v) is 4.44. The Balaban J connectivity index is 1.79. The largest absolute Gasteiger partial charge is 0.481 e. The molecule has 2 aliphatic rings. The second-order valence-corrected chi connectivity index (χ2v) is 6.01. The zero-order chi connectivity index (χ0) is 14.4. The molecule has 2 unspecified atom stereocenters. The molecule has 0 aromatic rings. The van der Waals surface area contributed by atoms with Gasteiger partial charge in [0.15, 0.2) is 0 Å². The normalized spacial score (nSPS) is 25.3. The highest BCUT2D eigenvalue weighted by atomic mass is 16.5. The fourth-order valence-corrected chi connectivity index (χ4v) is 3.22. The number of amides is 1. The zero-order valence-electron chi connectivity index (χ0n) is 12.0. The predicted molar refractivity (Wildman–Crippen MR) is 74.3 cm³/mol. The van der Waals surface area contributed by atoms with Gasteiger partial charge in [-0.1, -0.05) is 32.1 Å². The van der Waals surface area contributed by atoms with Crippen molar-refractivity contribution < 1.29 is 19.4 Å². The van der Waals surface area contributed by atoms with Gasteiger partial charge in [0.2, 0.25) is 5.91 Å². The third-order valence-electron chi connectivity index (χ3n) is 4.44. The van der Waals surface area contributed by atoms with Crippen molar-refractivity contribution in [2.75, 3.05) is 13.2 Å². The summed E-state index contributed by atoms with van der Waals surface area (Å²) in [6.07, 6.45) is 8.18. The highest BCUT2D eigenvalue weighted by molar-refractivity contribution is 5.96. The van der Waals surface area contributed by atoms with Crippen molar-refractivity contribution in [1.82, 2.24) is 5.32 Å². The van der Waals surface area contributed by atoms with Gasteiger partial charge in [-0.15, -0.1) is 0 Å². The number of carbonyl (C=O) groups excluding carboxylic acids is 1. The molecule has 2 N–H and O–H groups in total. The lowest BCUT2D eigenvalue weighted by Gasteiger charge is -2.24. The van der Waals surface area contributed by atoms with Crippen LogP contribution < -0.4 is 5.32 Å². The first kappa shape index (κ1) is 15.3. The highest BCUT2D eigenvalue weighted by Crippen LogP contribution is 2.29. The first-order valence-corrected chi connectivity index (χ1v) is 7.79. The van der Waals surface area contributed by atoms with Crippen molar-refractivity contribution in [1.29, 1.82) is 0 Å². The van der Waals surface area contributed by atoms with Gasteiger partial charge in [0.1, 0.15) is 5.92 Å². The molecule has 5 heteroatoms. The van der Waals surface area contributed by atoms with Crippen molar-refractivity contribution in [3.63, 3.8) is 0 Å². The molecule has 1 aliphatic carbocycles. The van der Waals surface area contributed by atoms with E-state index in [-0.39, 0.29) is 12.0 Å². The van der Waals surface area contributed by atoms with E-state index >= 15 is 0 Å². The van der Waals surface area contributed by atoms with Crippen LogP contribution in [-0.2, 0) is 14.3 Å². The van der Waals surface area contributed by atoms with Crippen LogP contribution in [0.25, 0.3) is 0 Å². The summed E-state index contributed by atoms with van der Waals surface area (Å²) in [5.41, 5.74) is 0. The van der Waals surface area contributed by atoms with Gasteiger partial charge in [-0.2, -0.15) is 0 Å². The molecule has 1 saturated heterocycles. The Labute approximate surface area is 120 Å². The van der Waals surface area contributed by atoms with E-state index in [1.807, 2.05) is 0 Å². The molecule has 0 spiro atoms. The molecule has 0 aromatic heterocycles. The number of aliphatic carboxylic acids is 1. The van der Waals surface area contributed by atoms with E-state index in [1.54, 1.807) is 0 Å². The summed E-state index contributed by atoms with van der Waals surface area (Å²) in [7, 11) is 0. The van der Waals surface area contributed by atoms with Gasteiger partial charge in [0.25, 0.3) is 0 Å². The highest BCUT2D eigenvalue weighted by Gasteiger charge is 2.30. The summed E-state index contributed by atoms with van der Waals surface area (Å²) in [4.78, 5) is 23.4. The third kappa shape index (κ3) is 4.47. The van der Waals surface area contributed by atoms with Crippen molar-refractivity contribution >= 4 is 11.9 Å². The average molecular weight is 283 g/mol. The molecule has 1 amide bonds. The van der Waals surface area contributed by atoms with Gasteiger partial charge in [-0.3, -0.25) is 9.59 Å². The lowest BCUT2D eigenvalue weighted by Crippen LogP contribution is -2.40. The molecular formula is C15H25NO4. The van der Waals surface area contributed by atoms with Crippen LogP contribution in [0.3, 0.4) is 0 Å². The molecule has 5 nitrogen and oxygen atoms in total. The predicted octanol–water partition coefficient (Wildman–Crippen LogP) is 1.95. The molecule has 0 aromatic carbocycles. The van der Waals surface area contributed by atoms with Crippen molar-refractivity contribution in [3.8, 4) is 0 Å². The molecule has 0 radical (unpaired) electrons. The molecular weight excluding hydrogens is 258 g/mol. The first-order valence-electron chi connectivity index (χ1n) is 7.79. The van der Waals surface area contributed by atoms with Gasteiger partial charge < -0.3 is 15.2 Å². The molecule has 20 heavy (non-hydrogen) atoms. The summed E-state index contributed by atoms with van der Waals surface area (Å²) < 4.78 is 5.43. The first-order chi connectivity index (χ1) is 9.66. The second kappa shape index (κ2) is 7.62. The molecule has 1 heterocycles. The Morgan fingerprint density at radius 3 is 2.50 bits per heavy atom. The molecule has 2 atom stereocenters. The van der Waals surface area contributed by atoms with Gasteiger partial charge in [-0.25, -0.2) is 0 Å². The van der Waals surface area contributed by atoms with Crippen molar-refractivity contribution in [3.05, 3.63) is 0 Å². The number of ether oxygens (including phenoxy) is 1. The van der Waals surface area contributed by atoms with E-state index in [9.17, 15) is 14.7 Å². The number of carbonyl (C=O) groups is 2. The van der Waals surface area contributed by atoms with Gasteiger partial charge in [-0.05, 0) is 25.2 Å². The van der Waals surface area contributed by atoms with Crippen LogP contribution in [0.2, 0.25) is 0 Å². The number of carboxylic acid groups (broad SMARTS) is 1. The molecule has 2 fully saturated rings. The minimum absolute atomic E-state index is 0.0584. The Morgan fingerprint density at radius 1 is 1.15 bits per heavy atom. The van der Waals surface area contributed by atoms with Crippen LogP contribution in [0.4, 0.5) is 0 Å². The number of carboxylic acids is 1.